The number of sulfone groups is 1. The molecule has 1 heterocycles. The minimum Gasteiger partial charge on any atom is -0.464 e. The summed E-state index contributed by atoms with van der Waals surface area (Å²) < 4.78 is 40.1. The van der Waals surface area contributed by atoms with Crippen molar-refractivity contribution in [2.45, 2.75) is 44.4 Å². The summed E-state index contributed by atoms with van der Waals surface area (Å²) in [6.45, 7) is 10.1. The van der Waals surface area contributed by atoms with Crippen LogP contribution in [-0.2, 0) is 21.7 Å². The van der Waals surface area contributed by atoms with Gasteiger partial charge in [-0.3, -0.25) is 0 Å². The highest BCUT2D eigenvalue weighted by Gasteiger charge is 2.33. The second-order valence-electron chi connectivity index (χ2n) is 7.77. The first-order valence-corrected chi connectivity index (χ1v) is 11.2. The fraction of sp³-hybridized carbons (Fsp3) is 0.350. The van der Waals surface area contributed by atoms with Gasteiger partial charge >= 0.3 is 6.09 Å². The molecule has 0 spiro atoms. The van der Waals surface area contributed by atoms with E-state index in [-0.39, 0.29) is 44.9 Å². The molecule has 0 aliphatic rings. The molecule has 0 unspecified atom stereocenters. The standard InChI is InChI=1S/C20H23ClFN3O4S/c1-7-8-12-17(21)23-11(2)24-18(12)25(19(26)27)13-9-10-14(30(6,28)29)15(16(13)22)20(3,4)5/h7,9-10H,1,8H2,2-6H3,(H,26,27). The summed E-state index contributed by atoms with van der Waals surface area (Å²) in [4.78, 5) is 20.8. The van der Waals surface area contributed by atoms with E-state index in [9.17, 15) is 18.3 Å². The number of carboxylic acid groups (broad SMARTS) is 1. The Balaban J connectivity index is 2.94. The smallest absolute Gasteiger partial charge is 0.417 e. The Morgan fingerprint density at radius 1 is 1.33 bits per heavy atom. The van der Waals surface area contributed by atoms with E-state index in [4.69, 9.17) is 11.6 Å². The van der Waals surface area contributed by atoms with Gasteiger partial charge in [-0.05, 0) is 30.9 Å². The molecule has 0 saturated carbocycles. The van der Waals surface area contributed by atoms with Gasteiger partial charge in [0.15, 0.2) is 21.5 Å². The first kappa shape index (κ1) is 23.8. The van der Waals surface area contributed by atoms with Crippen molar-refractivity contribution in [1.29, 1.82) is 0 Å². The highest BCUT2D eigenvalue weighted by atomic mass is 35.5. The Morgan fingerprint density at radius 3 is 2.40 bits per heavy atom. The van der Waals surface area contributed by atoms with Crippen LogP contribution in [-0.4, -0.2) is 35.8 Å². The van der Waals surface area contributed by atoms with Gasteiger partial charge in [0.05, 0.1) is 10.6 Å². The second-order valence-corrected chi connectivity index (χ2v) is 10.1. The minimum atomic E-state index is -3.76. The first-order valence-electron chi connectivity index (χ1n) is 8.90. The van der Waals surface area contributed by atoms with Gasteiger partial charge in [-0.15, -0.1) is 6.58 Å². The van der Waals surface area contributed by atoms with Crippen LogP contribution in [0, 0.1) is 12.7 Å². The molecule has 2 aromatic rings. The molecule has 0 aliphatic carbocycles. The number of rotatable bonds is 5. The summed E-state index contributed by atoms with van der Waals surface area (Å²) in [5.74, 6) is -0.895. The number of halogens is 2. The Morgan fingerprint density at radius 2 is 1.93 bits per heavy atom. The maximum Gasteiger partial charge on any atom is 0.417 e. The lowest BCUT2D eigenvalue weighted by atomic mass is 9.86. The van der Waals surface area contributed by atoms with Crippen molar-refractivity contribution in [3.8, 4) is 0 Å². The van der Waals surface area contributed by atoms with Gasteiger partial charge in [-0.1, -0.05) is 38.4 Å². The van der Waals surface area contributed by atoms with Gasteiger partial charge in [0.1, 0.15) is 11.0 Å². The predicted molar refractivity (Wildman–Crippen MR) is 114 cm³/mol. The van der Waals surface area contributed by atoms with Crippen LogP contribution >= 0.6 is 11.6 Å². The predicted octanol–water partition coefficient (Wildman–Crippen LogP) is 4.82. The molecule has 0 atom stereocenters. The maximum atomic E-state index is 15.7. The molecular formula is C20H23ClFN3O4S. The molecule has 10 heteroatoms. The molecule has 1 aromatic carbocycles. The van der Waals surface area contributed by atoms with Gasteiger partial charge < -0.3 is 5.11 Å². The van der Waals surface area contributed by atoms with Crippen molar-refractivity contribution in [3.63, 3.8) is 0 Å². The fourth-order valence-electron chi connectivity index (χ4n) is 3.09. The lowest BCUT2D eigenvalue weighted by Crippen LogP contribution is -2.29. The van der Waals surface area contributed by atoms with Crippen molar-refractivity contribution in [2.24, 2.45) is 0 Å². The number of amides is 1. The molecule has 0 aliphatic heterocycles. The van der Waals surface area contributed by atoms with Crippen LogP contribution in [0.4, 0.5) is 20.7 Å². The molecule has 162 valence electrons. The molecular weight excluding hydrogens is 433 g/mol. The lowest BCUT2D eigenvalue weighted by molar-refractivity contribution is 0.204. The molecule has 0 bridgehead atoms. The topological polar surface area (TPSA) is 100 Å². The van der Waals surface area contributed by atoms with E-state index in [1.165, 1.54) is 19.1 Å². The molecule has 0 saturated heterocycles. The average molecular weight is 456 g/mol. The summed E-state index contributed by atoms with van der Waals surface area (Å²) >= 11 is 6.19. The van der Waals surface area contributed by atoms with E-state index < -0.39 is 27.2 Å². The number of anilines is 2. The van der Waals surface area contributed by atoms with Crippen LogP contribution < -0.4 is 4.90 Å². The second kappa shape index (κ2) is 8.31. The Labute approximate surface area is 180 Å². The molecule has 1 aromatic heterocycles. The summed E-state index contributed by atoms with van der Waals surface area (Å²) in [6, 6.07) is 2.31. The Bertz CT molecular complexity index is 1130. The van der Waals surface area contributed by atoms with Crippen molar-refractivity contribution in [2.75, 3.05) is 11.2 Å². The number of benzene rings is 1. The third kappa shape index (κ3) is 4.62. The van der Waals surface area contributed by atoms with Gasteiger partial charge in [0.25, 0.3) is 0 Å². The number of carbonyl (C=O) groups is 1. The van der Waals surface area contributed by atoms with Crippen LogP contribution in [0.5, 0.6) is 0 Å². The maximum absolute atomic E-state index is 15.7. The van der Waals surface area contributed by atoms with E-state index >= 15 is 4.39 Å². The molecule has 30 heavy (non-hydrogen) atoms. The summed E-state index contributed by atoms with van der Waals surface area (Å²) in [6.07, 6.45) is 1.10. The molecule has 1 N–H and O–H groups in total. The normalized spacial score (nSPS) is 12.0. The third-order valence-electron chi connectivity index (χ3n) is 4.27. The van der Waals surface area contributed by atoms with E-state index in [0.29, 0.717) is 4.90 Å². The van der Waals surface area contributed by atoms with Crippen LogP contribution in [0.25, 0.3) is 0 Å². The average Bonchev–Trinajstić information content (AvgIpc) is 2.56. The van der Waals surface area contributed by atoms with Crippen molar-refractivity contribution >= 4 is 39.0 Å². The van der Waals surface area contributed by atoms with Crippen LogP contribution in [0.2, 0.25) is 5.15 Å². The fourth-order valence-corrected chi connectivity index (χ4v) is 4.45. The summed E-state index contributed by atoms with van der Waals surface area (Å²) in [7, 11) is -3.76. The largest absolute Gasteiger partial charge is 0.464 e. The monoisotopic (exact) mass is 455 g/mol. The van der Waals surface area contributed by atoms with Gasteiger partial charge in [0, 0.05) is 17.4 Å². The number of hydrogen-bond donors (Lipinski definition) is 1. The highest BCUT2D eigenvalue weighted by molar-refractivity contribution is 7.90. The van der Waals surface area contributed by atoms with Crippen molar-refractivity contribution in [1.82, 2.24) is 9.97 Å². The Hall–Kier alpha value is -2.52. The molecule has 1 amide bonds. The SMILES string of the molecule is C=CCc1c(Cl)nc(C)nc1N(C(=O)O)c1ccc(S(C)(=O)=O)c(C(C)(C)C)c1F. The molecule has 0 radical (unpaired) electrons. The number of hydrogen-bond acceptors (Lipinski definition) is 5. The zero-order valence-corrected chi connectivity index (χ0v) is 18.9. The molecule has 2 rings (SSSR count). The number of aromatic nitrogens is 2. The zero-order valence-electron chi connectivity index (χ0n) is 17.3. The summed E-state index contributed by atoms with van der Waals surface area (Å²) in [5, 5.41) is 9.93. The molecule has 7 nitrogen and oxygen atoms in total. The van der Waals surface area contributed by atoms with Gasteiger partial charge in [0.2, 0.25) is 0 Å². The van der Waals surface area contributed by atoms with Gasteiger partial charge in [-0.2, -0.15) is 0 Å². The zero-order chi connectivity index (χ0) is 23.0. The van der Waals surface area contributed by atoms with E-state index in [0.717, 1.165) is 12.3 Å². The van der Waals surface area contributed by atoms with E-state index in [2.05, 4.69) is 16.5 Å². The van der Waals surface area contributed by atoms with Gasteiger partial charge in [-0.25, -0.2) is 32.5 Å². The highest BCUT2D eigenvalue weighted by Crippen LogP contribution is 2.39. The summed E-state index contributed by atoms with van der Waals surface area (Å²) in [5.41, 5.74) is -1.15. The first-order chi connectivity index (χ1) is 13.7. The Kier molecular flexibility index (Phi) is 6.58. The van der Waals surface area contributed by atoms with E-state index in [1.807, 2.05) is 0 Å². The van der Waals surface area contributed by atoms with Crippen molar-refractivity contribution in [3.05, 3.63) is 52.7 Å². The quantitative estimate of drug-likeness (QED) is 0.512. The number of aryl methyl sites for hydroxylation is 1. The number of nitrogens with zero attached hydrogens (tertiary/aromatic N) is 3. The van der Waals surface area contributed by atoms with Crippen molar-refractivity contribution < 1.29 is 22.7 Å². The van der Waals surface area contributed by atoms with Crippen LogP contribution in [0.3, 0.4) is 0 Å². The van der Waals surface area contributed by atoms with Crippen LogP contribution in [0.1, 0.15) is 37.7 Å². The number of allylic oxidation sites excluding steroid dienone is 1. The molecule has 0 fully saturated rings. The van der Waals surface area contributed by atoms with Crippen LogP contribution in [0.15, 0.2) is 29.7 Å². The third-order valence-corrected chi connectivity index (χ3v) is 5.72. The minimum absolute atomic E-state index is 0.0212. The van der Waals surface area contributed by atoms with E-state index in [1.54, 1.807) is 20.8 Å². The lowest BCUT2D eigenvalue weighted by Gasteiger charge is -2.28.